The van der Waals surface area contributed by atoms with Crippen molar-refractivity contribution in [1.82, 2.24) is 10.0 Å². The van der Waals surface area contributed by atoms with Crippen molar-refractivity contribution in [1.29, 1.82) is 0 Å². The summed E-state index contributed by atoms with van der Waals surface area (Å²) < 4.78 is 27.7. The second kappa shape index (κ2) is 10.0. The number of hydrogen-bond donors (Lipinski definition) is 3. The van der Waals surface area contributed by atoms with Crippen molar-refractivity contribution >= 4 is 15.9 Å². The highest BCUT2D eigenvalue weighted by Crippen LogP contribution is 2.21. The first-order valence-electron chi connectivity index (χ1n) is 9.72. The lowest BCUT2D eigenvalue weighted by Gasteiger charge is -2.26. The van der Waals surface area contributed by atoms with E-state index in [4.69, 9.17) is 0 Å². The fraction of sp³-hybridized carbons (Fsp3) is 0.409. The Kier molecular flexibility index (Phi) is 7.96. The molecule has 0 aliphatic rings. The first-order chi connectivity index (χ1) is 13.6. The summed E-state index contributed by atoms with van der Waals surface area (Å²) in [4.78, 5) is 13.0. The number of hydrogen-bond acceptors (Lipinski definition) is 4. The van der Waals surface area contributed by atoms with E-state index in [1.54, 1.807) is 12.1 Å². The second-order valence-electron chi connectivity index (χ2n) is 7.75. The number of carbonyl (C=O) groups is 1. The van der Waals surface area contributed by atoms with Crippen molar-refractivity contribution in [3.8, 4) is 0 Å². The summed E-state index contributed by atoms with van der Waals surface area (Å²) in [5.74, 6) is -0.250. The Hall–Kier alpha value is -2.22. The summed E-state index contributed by atoms with van der Waals surface area (Å²) in [5, 5.41) is 13.0. The molecule has 158 valence electrons. The Labute approximate surface area is 173 Å². The molecule has 0 aromatic heterocycles. The number of aliphatic hydroxyl groups is 1. The lowest BCUT2D eigenvalue weighted by molar-refractivity contribution is -0.125. The Morgan fingerprint density at radius 3 is 2.10 bits per heavy atom. The molecular weight excluding hydrogens is 388 g/mol. The number of carbonyl (C=O) groups excluding carboxylic acids is 1. The number of aryl methyl sites for hydroxylation is 1. The molecule has 7 heteroatoms. The Morgan fingerprint density at radius 1 is 1.00 bits per heavy atom. The van der Waals surface area contributed by atoms with Crippen LogP contribution in [0.15, 0.2) is 59.5 Å². The Bertz CT molecular complexity index is 894. The molecule has 2 rings (SSSR count). The topological polar surface area (TPSA) is 95.5 Å². The minimum Gasteiger partial charge on any atom is -0.391 e. The van der Waals surface area contributed by atoms with Gasteiger partial charge in [-0.1, -0.05) is 61.9 Å². The van der Waals surface area contributed by atoms with Crippen molar-refractivity contribution in [3.05, 3.63) is 65.7 Å². The fourth-order valence-corrected chi connectivity index (χ4v) is 4.29. The molecule has 0 fully saturated rings. The minimum atomic E-state index is -3.96. The summed E-state index contributed by atoms with van der Waals surface area (Å²) in [6.45, 7) is 7.35. The first kappa shape index (κ1) is 23.1. The van der Waals surface area contributed by atoms with Crippen molar-refractivity contribution in [2.75, 3.05) is 0 Å². The number of nitrogens with one attached hydrogen (secondary N) is 2. The molecule has 0 bridgehead atoms. The van der Waals surface area contributed by atoms with Crippen LogP contribution in [0.1, 0.15) is 44.4 Å². The highest BCUT2D eigenvalue weighted by atomic mass is 32.2. The summed E-state index contributed by atoms with van der Waals surface area (Å²) in [6.07, 6.45) is -0.516. The maximum atomic E-state index is 12.9. The van der Waals surface area contributed by atoms with Crippen molar-refractivity contribution in [2.45, 2.75) is 57.2 Å². The highest BCUT2D eigenvalue weighted by molar-refractivity contribution is 7.89. The molecule has 3 atom stereocenters. The van der Waals surface area contributed by atoms with E-state index in [9.17, 15) is 18.3 Å². The molecule has 0 saturated heterocycles. The standard InChI is InChI=1S/C22H30N2O4S/c1-15(2)14-20(18-8-6-5-7-9-18)23-22(26)21(17(4)25)24-29(27,28)19-12-10-16(3)11-13-19/h5-13,15,17,20-21,24-25H,14H2,1-4H3,(H,23,26). The molecule has 0 spiro atoms. The average Bonchev–Trinajstić information content (AvgIpc) is 2.66. The van der Waals surface area contributed by atoms with Gasteiger partial charge in [-0.2, -0.15) is 4.72 Å². The largest absolute Gasteiger partial charge is 0.391 e. The van der Waals surface area contributed by atoms with Gasteiger partial charge in [0, 0.05) is 0 Å². The number of amides is 1. The molecule has 2 aromatic rings. The monoisotopic (exact) mass is 418 g/mol. The van der Waals surface area contributed by atoms with Crippen LogP contribution in [-0.4, -0.2) is 31.6 Å². The predicted molar refractivity (Wildman–Crippen MR) is 114 cm³/mol. The van der Waals surface area contributed by atoms with Gasteiger partial charge in [0.15, 0.2) is 0 Å². The molecule has 1 amide bonds. The van der Waals surface area contributed by atoms with Gasteiger partial charge in [-0.15, -0.1) is 0 Å². The van der Waals surface area contributed by atoms with E-state index >= 15 is 0 Å². The number of aliphatic hydroxyl groups excluding tert-OH is 1. The van der Waals surface area contributed by atoms with Crippen LogP contribution in [0.2, 0.25) is 0 Å². The van der Waals surface area contributed by atoms with Crippen molar-refractivity contribution in [2.24, 2.45) is 5.92 Å². The quantitative estimate of drug-likeness (QED) is 0.583. The van der Waals surface area contributed by atoms with Gasteiger partial charge in [0.05, 0.1) is 17.0 Å². The first-order valence-corrected chi connectivity index (χ1v) is 11.2. The summed E-state index contributed by atoms with van der Waals surface area (Å²) in [7, 11) is -3.96. The van der Waals surface area contributed by atoms with Crippen LogP contribution in [0.3, 0.4) is 0 Å². The third kappa shape index (κ3) is 6.66. The van der Waals surface area contributed by atoms with E-state index < -0.39 is 28.1 Å². The van der Waals surface area contributed by atoms with E-state index in [0.29, 0.717) is 12.3 Å². The Morgan fingerprint density at radius 2 is 1.59 bits per heavy atom. The molecular formula is C22H30N2O4S. The van der Waals surface area contributed by atoms with Gasteiger partial charge in [0.25, 0.3) is 0 Å². The average molecular weight is 419 g/mol. The van der Waals surface area contributed by atoms with Crippen molar-refractivity contribution < 1.29 is 18.3 Å². The van der Waals surface area contributed by atoms with Crippen LogP contribution < -0.4 is 10.0 Å². The fourth-order valence-electron chi connectivity index (χ4n) is 3.02. The van der Waals surface area contributed by atoms with E-state index in [-0.39, 0.29) is 10.9 Å². The lowest BCUT2D eigenvalue weighted by Crippen LogP contribution is -2.53. The summed E-state index contributed by atoms with van der Waals surface area (Å²) in [5.41, 5.74) is 1.86. The van der Waals surface area contributed by atoms with Gasteiger partial charge in [-0.25, -0.2) is 8.42 Å². The molecule has 29 heavy (non-hydrogen) atoms. The van der Waals surface area contributed by atoms with Crippen LogP contribution in [0, 0.1) is 12.8 Å². The van der Waals surface area contributed by atoms with Gasteiger partial charge in [0.2, 0.25) is 15.9 Å². The maximum Gasteiger partial charge on any atom is 0.241 e. The van der Waals surface area contributed by atoms with E-state index in [1.807, 2.05) is 51.1 Å². The van der Waals surface area contributed by atoms with Crippen LogP contribution in [0.25, 0.3) is 0 Å². The van der Waals surface area contributed by atoms with Crippen LogP contribution >= 0.6 is 0 Å². The normalized spacial score (nSPS) is 15.0. The lowest BCUT2D eigenvalue weighted by atomic mass is 9.96. The molecule has 0 aliphatic heterocycles. The third-order valence-electron chi connectivity index (χ3n) is 4.60. The number of benzene rings is 2. The smallest absolute Gasteiger partial charge is 0.241 e. The van der Waals surface area contributed by atoms with Crippen LogP contribution in [0.4, 0.5) is 0 Å². The molecule has 0 saturated carbocycles. The highest BCUT2D eigenvalue weighted by Gasteiger charge is 2.31. The van der Waals surface area contributed by atoms with E-state index in [2.05, 4.69) is 10.0 Å². The summed E-state index contributed by atoms with van der Waals surface area (Å²) in [6, 6.07) is 14.2. The Balaban J connectivity index is 2.22. The zero-order valence-electron chi connectivity index (χ0n) is 17.3. The van der Waals surface area contributed by atoms with E-state index in [1.165, 1.54) is 19.1 Å². The van der Waals surface area contributed by atoms with Crippen LogP contribution in [-0.2, 0) is 14.8 Å². The molecule has 0 heterocycles. The molecule has 6 nitrogen and oxygen atoms in total. The SMILES string of the molecule is Cc1ccc(S(=O)(=O)NC(C(=O)NC(CC(C)C)c2ccccc2)C(C)O)cc1. The number of sulfonamides is 1. The molecule has 3 N–H and O–H groups in total. The van der Waals surface area contributed by atoms with Gasteiger partial charge in [-0.05, 0) is 43.9 Å². The maximum absolute atomic E-state index is 12.9. The molecule has 2 aromatic carbocycles. The van der Waals surface area contributed by atoms with Gasteiger partial charge >= 0.3 is 0 Å². The summed E-state index contributed by atoms with van der Waals surface area (Å²) >= 11 is 0. The van der Waals surface area contributed by atoms with Gasteiger partial charge < -0.3 is 10.4 Å². The number of rotatable bonds is 9. The van der Waals surface area contributed by atoms with Crippen molar-refractivity contribution in [3.63, 3.8) is 0 Å². The molecule has 3 unspecified atom stereocenters. The third-order valence-corrected chi connectivity index (χ3v) is 6.06. The van der Waals surface area contributed by atoms with Crippen LogP contribution in [0.5, 0.6) is 0 Å². The van der Waals surface area contributed by atoms with E-state index in [0.717, 1.165) is 11.1 Å². The van der Waals surface area contributed by atoms with Gasteiger partial charge in [-0.3, -0.25) is 4.79 Å². The second-order valence-corrected chi connectivity index (χ2v) is 9.47. The zero-order chi connectivity index (χ0) is 21.6. The molecule has 0 aliphatic carbocycles. The predicted octanol–water partition coefficient (Wildman–Crippen LogP) is 2.93. The minimum absolute atomic E-state index is 0.0448. The zero-order valence-corrected chi connectivity index (χ0v) is 18.1. The molecule has 0 radical (unpaired) electrons. The van der Waals surface area contributed by atoms with Gasteiger partial charge in [0.1, 0.15) is 6.04 Å².